The molecule has 49 heavy (non-hydrogen) atoms. The van der Waals surface area contributed by atoms with Crippen molar-refractivity contribution in [3.8, 4) is 0 Å². The van der Waals surface area contributed by atoms with E-state index in [1.165, 1.54) is 6.42 Å². The minimum Gasteiger partial charge on any atom is -0.348 e. The molecule has 1 saturated carbocycles. The van der Waals surface area contributed by atoms with E-state index in [0.717, 1.165) is 25.7 Å². The minimum absolute atomic E-state index is 0.0774. The first-order chi connectivity index (χ1) is 23.1. The second-order valence-electron chi connectivity index (χ2n) is 13.7. The van der Waals surface area contributed by atoms with Gasteiger partial charge in [-0.05, 0) is 57.3 Å². The lowest BCUT2D eigenvalue weighted by atomic mass is 9.83. The molecule has 0 spiro atoms. The fourth-order valence-corrected chi connectivity index (χ4v) is 8.43. The number of rotatable bonds is 19. The van der Waals surface area contributed by atoms with Crippen molar-refractivity contribution in [3.05, 3.63) is 0 Å². The van der Waals surface area contributed by atoms with Gasteiger partial charge >= 0.3 is 6.03 Å². The molecule has 4 N–H and O–H groups in total. The average molecular weight is 716 g/mol. The van der Waals surface area contributed by atoms with Gasteiger partial charge in [-0.2, -0.15) is 0 Å². The van der Waals surface area contributed by atoms with Crippen molar-refractivity contribution < 1.29 is 32.4 Å². The normalized spacial score (nSPS) is 17.7. The number of carbonyl (C=O) groups excluding carboxylic acids is 5. The topological polar surface area (TPSA) is 171 Å². The Kier molecular flexibility index (Phi) is 22.4. The maximum Gasteiger partial charge on any atom is 0.315 e. The zero-order chi connectivity index (χ0) is 37.8. The third-order valence-corrected chi connectivity index (χ3v) is 11.1. The molecule has 0 bridgehead atoms. The highest BCUT2D eigenvalue weighted by atomic mass is 32.2. The molecule has 286 valence electrons. The van der Waals surface area contributed by atoms with Crippen LogP contribution in [0.3, 0.4) is 0 Å². The van der Waals surface area contributed by atoms with Gasteiger partial charge in [0.05, 0.1) is 23.1 Å². The first-order valence-electron chi connectivity index (χ1n) is 18.7. The summed E-state index contributed by atoms with van der Waals surface area (Å²) >= 11 is 0. The summed E-state index contributed by atoms with van der Waals surface area (Å²) in [5.41, 5.74) is -0.876. The number of hydrogen-bond acceptors (Lipinski definition) is 7. The second-order valence-corrected chi connectivity index (χ2v) is 16.0. The first-order valence-corrected chi connectivity index (χ1v) is 20.5. The molecule has 13 heteroatoms. The van der Waals surface area contributed by atoms with Gasteiger partial charge in [-0.1, -0.05) is 88.0 Å². The van der Waals surface area contributed by atoms with E-state index in [-0.39, 0.29) is 42.0 Å². The van der Waals surface area contributed by atoms with Gasteiger partial charge in [0.25, 0.3) is 5.91 Å². The number of likely N-dealkylation sites (N-methyl/N-ethyl adjacent to an activating group) is 1. The van der Waals surface area contributed by atoms with E-state index in [1.807, 2.05) is 41.5 Å². The fourth-order valence-electron chi connectivity index (χ4n) is 6.07. The smallest absolute Gasteiger partial charge is 0.315 e. The van der Waals surface area contributed by atoms with E-state index in [4.69, 9.17) is 0 Å². The Hall–Kier alpha value is -2.70. The van der Waals surface area contributed by atoms with Gasteiger partial charge in [-0.15, -0.1) is 0 Å². The number of Topliss-reactive ketones (excluding diaryl/α,β-unsaturated/α-hetero) is 1. The molecule has 2 fully saturated rings. The van der Waals surface area contributed by atoms with Crippen molar-refractivity contribution in [2.45, 2.75) is 162 Å². The van der Waals surface area contributed by atoms with Crippen LogP contribution in [0.4, 0.5) is 4.79 Å². The van der Waals surface area contributed by atoms with Crippen molar-refractivity contribution in [1.82, 2.24) is 26.2 Å². The predicted molar refractivity (Wildman–Crippen MR) is 197 cm³/mol. The Balaban J connectivity index is 0.00000435. The number of urea groups is 1. The predicted octanol–water partition coefficient (Wildman–Crippen LogP) is 4.90. The molecule has 3 atom stereocenters. The molecule has 3 unspecified atom stereocenters. The number of ketones is 1. The van der Waals surface area contributed by atoms with Crippen LogP contribution in [0.15, 0.2) is 0 Å². The summed E-state index contributed by atoms with van der Waals surface area (Å²) in [7, 11) is -1.64. The lowest BCUT2D eigenvalue weighted by Gasteiger charge is -2.40. The van der Waals surface area contributed by atoms with Crippen LogP contribution in [0.2, 0.25) is 0 Å². The molecular formula is C36H69N5O7S. The zero-order valence-electron chi connectivity index (χ0n) is 32.2. The van der Waals surface area contributed by atoms with Crippen LogP contribution in [-0.2, 0) is 29.0 Å². The number of amides is 5. The highest BCUT2D eigenvalue weighted by molar-refractivity contribution is 7.92. The van der Waals surface area contributed by atoms with Gasteiger partial charge in [0.1, 0.15) is 6.04 Å². The van der Waals surface area contributed by atoms with E-state index in [1.54, 1.807) is 18.9 Å². The summed E-state index contributed by atoms with van der Waals surface area (Å²) in [5, 5.41) is 10.4. The Labute approximate surface area is 297 Å². The molecule has 0 radical (unpaired) electrons. The quantitative estimate of drug-likeness (QED) is 0.109. The van der Waals surface area contributed by atoms with Gasteiger partial charge in [0, 0.05) is 25.6 Å². The third kappa shape index (κ3) is 16.2. The summed E-state index contributed by atoms with van der Waals surface area (Å²) in [4.78, 5) is 64.3. The van der Waals surface area contributed by atoms with Crippen LogP contribution in [0.25, 0.3) is 0 Å². The van der Waals surface area contributed by atoms with Gasteiger partial charge in [0.2, 0.25) is 17.6 Å². The molecule has 12 nitrogen and oxygen atoms in total. The van der Waals surface area contributed by atoms with E-state index in [0.29, 0.717) is 51.5 Å². The fraction of sp³-hybridized carbons (Fsp3) is 0.861. The molecule has 0 aromatic rings. The Morgan fingerprint density at radius 1 is 0.898 bits per heavy atom. The molecule has 0 aromatic carbocycles. The van der Waals surface area contributed by atoms with Crippen LogP contribution in [0.1, 0.15) is 139 Å². The Morgan fingerprint density at radius 2 is 1.47 bits per heavy atom. The Morgan fingerprint density at radius 3 is 1.94 bits per heavy atom. The number of nitrogens with zero attached hydrogens (tertiary/aromatic N) is 1. The number of unbranched alkanes of at least 4 members (excludes halogenated alkanes) is 1. The van der Waals surface area contributed by atoms with Crippen molar-refractivity contribution >= 4 is 39.4 Å². The number of carbonyl (C=O) groups is 5. The number of nitrogens with one attached hydrogen (secondary N) is 4. The molecule has 2 rings (SSSR count). The lowest BCUT2D eigenvalue weighted by Crippen LogP contribution is -2.62. The van der Waals surface area contributed by atoms with E-state index in [9.17, 15) is 32.4 Å². The summed E-state index contributed by atoms with van der Waals surface area (Å²) < 4.78 is 25.8. The second kappa shape index (κ2) is 23.7. The monoisotopic (exact) mass is 715 g/mol. The molecule has 5 amide bonds. The van der Waals surface area contributed by atoms with Crippen LogP contribution in [0.5, 0.6) is 0 Å². The SMILES string of the molecule is CC.CCC.CCCC(CCC)(NC(=O)NC(C(=O)N(C)CCCCC(C)C(=O)NCC(=O)C(=O)NC1CC1)C(C)C)C1CCCS1(=O)=O. The standard InChI is InChI=1S/C31H55N5O7S.C3H8.C2H6/c1-7-16-31(17-8-2,25-13-11-19-44(25,42)43)35-30(41)34-26(21(3)4)29(40)36(6)18-10-9-12-22(5)27(38)32-20-24(37)28(39)33-23-14-15-23;1-3-2;1-2/h21-23,25-26H,7-20H2,1-6H3,(H,32,38)(H,33,39)(H2,34,35,41);3H2,1-2H3;1-2H3. The maximum absolute atomic E-state index is 13.4. The molecule has 1 aliphatic heterocycles. The van der Waals surface area contributed by atoms with Crippen LogP contribution in [0, 0.1) is 11.8 Å². The number of sulfone groups is 1. The van der Waals surface area contributed by atoms with Crippen molar-refractivity contribution in [1.29, 1.82) is 0 Å². The van der Waals surface area contributed by atoms with Gasteiger partial charge < -0.3 is 26.2 Å². The molecule has 1 heterocycles. The molecule has 1 aliphatic carbocycles. The van der Waals surface area contributed by atoms with Crippen LogP contribution in [-0.4, -0.2) is 91.6 Å². The first kappa shape index (κ1) is 46.3. The van der Waals surface area contributed by atoms with Crippen LogP contribution >= 0.6 is 0 Å². The summed E-state index contributed by atoms with van der Waals surface area (Å²) in [6, 6.07) is -1.24. The third-order valence-electron chi connectivity index (χ3n) is 8.71. The van der Waals surface area contributed by atoms with Gasteiger partial charge in [-0.3, -0.25) is 19.2 Å². The average Bonchev–Trinajstić information content (AvgIpc) is 3.79. The largest absolute Gasteiger partial charge is 0.348 e. The summed E-state index contributed by atoms with van der Waals surface area (Å²) in [6.07, 6.45) is 8.48. The lowest BCUT2D eigenvalue weighted by molar-refractivity contribution is -0.138. The molecule has 1 saturated heterocycles. The maximum atomic E-state index is 13.4. The van der Waals surface area contributed by atoms with E-state index >= 15 is 0 Å². The molecular weight excluding hydrogens is 646 g/mol. The van der Waals surface area contributed by atoms with Crippen LogP contribution < -0.4 is 21.3 Å². The highest BCUT2D eigenvalue weighted by Crippen LogP contribution is 2.36. The van der Waals surface area contributed by atoms with Crippen molar-refractivity contribution in [2.75, 3.05) is 25.9 Å². The molecule has 2 aliphatic rings. The zero-order valence-corrected chi connectivity index (χ0v) is 33.0. The minimum atomic E-state index is -3.32. The van der Waals surface area contributed by atoms with Gasteiger partial charge in [-0.25, -0.2) is 13.2 Å². The summed E-state index contributed by atoms with van der Waals surface area (Å²) in [5.74, 6) is -2.29. The Bertz CT molecular complexity index is 1130. The van der Waals surface area contributed by atoms with E-state index in [2.05, 4.69) is 35.1 Å². The van der Waals surface area contributed by atoms with Crippen molar-refractivity contribution in [2.24, 2.45) is 11.8 Å². The van der Waals surface area contributed by atoms with Gasteiger partial charge in [0.15, 0.2) is 9.84 Å². The van der Waals surface area contributed by atoms with E-state index < -0.39 is 44.4 Å². The summed E-state index contributed by atoms with van der Waals surface area (Å²) in [6.45, 7) is 17.8. The number of hydrogen-bond donors (Lipinski definition) is 4. The highest BCUT2D eigenvalue weighted by Gasteiger charge is 2.48. The molecule has 0 aromatic heterocycles. The van der Waals surface area contributed by atoms with Crippen molar-refractivity contribution in [3.63, 3.8) is 0 Å².